The Balaban J connectivity index is 2.22. The van der Waals surface area contributed by atoms with Gasteiger partial charge in [-0.25, -0.2) is 4.79 Å². The van der Waals surface area contributed by atoms with Gasteiger partial charge in [-0.2, -0.15) is 0 Å². The molecule has 0 unspecified atom stereocenters. The summed E-state index contributed by atoms with van der Waals surface area (Å²) in [7, 11) is 0. The highest BCUT2D eigenvalue weighted by atomic mass is 16.4. The zero-order valence-electron chi connectivity index (χ0n) is 13.0. The molecule has 23 heavy (non-hydrogen) atoms. The van der Waals surface area contributed by atoms with E-state index in [2.05, 4.69) is 11.5 Å². The van der Waals surface area contributed by atoms with Crippen LogP contribution < -0.4 is 0 Å². The van der Waals surface area contributed by atoms with Gasteiger partial charge in [0.15, 0.2) is 5.78 Å². The normalized spacial score (nSPS) is 11.2. The van der Waals surface area contributed by atoms with Crippen LogP contribution in [-0.2, 0) is 20.9 Å². The molecule has 1 N–H and O–H groups in total. The van der Waals surface area contributed by atoms with Crippen LogP contribution >= 0.6 is 0 Å². The van der Waals surface area contributed by atoms with Gasteiger partial charge in [0.1, 0.15) is 0 Å². The number of benzene rings is 1. The Kier molecular flexibility index (Phi) is 5.46. The minimum Gasteiger partial charge on any atom is -0.475 e. The molecule has 0 atom stereocenters. The number of hydrogen-bond acceptors (Lipinski definition) is 3. The monoisotopic (exact) mass is 313 g/mol. The van der Waals surface area contributed by atoms with Gasteiger partial charge in [0.2, 0.25) is 5.78 Å². The lowest BCUT2D eigenvalue weighted by Gasteiger charge is -2.02. The summed E-state index contributed by atoms with van der Waals surface area (Å²) in [5.41, 5.74) is 1.97. The maximum atomic E-state index is 11.7. The van der Waals surface area contributed by atoms with Crippen molar-refractivity contribution >= 4 is 34.5 Å². The molecule has 0 saturated heterocycles. The van der Waals surface area contributed by atoms with Gasteiger partial charge in [0, 0.05) is 29.2 Å². The number of ketones is 2. The second kappa shape index (κ2) is 7.54. The Morgan fingerprint density at radius 3 is 2.65 bits per heavy atom. The van der Waals surface area contributed by atoms with E-state index in [4.69, 9.17) is 5.11 Å². The van der Waals surface area contributed by atoms with Gasteiger partial charge in [-0.15, -0.1) is 0 Å². The third-order valence-corrected chi connectivity index (χ3v) is 3.59. The summed E-state index contributed by atoms with van der Waals surface area (Å²) in [6, 6.07) is 7.90. The Morgan fingerprint density at radius 2 is 1.96 bits per heavy atom. The SMILES string of the molecule is CCCCn1cc(/C=C/C(=O)CC(=O)C(=O)O)c2ccccc21. The van der Waals surface area contributed by atoms with Gasteiger partial charge in [0.05, 0.1) is 6.42 Å². The van der Waals surface area contributed by atoms with E-state index in [-0.39, 0.29) is 0 Å². The molecule has 0 bridgehead atoms. The third-order valence-electron chi connectivity index (χ3n) is 3.59. The number of para-hydroxylation sites is 1. The summed E-state index contributed by atoms with van der Waals surface area (Å²) in [4.78, 5) is 33.2. The molecule has 120 valence electrons. The van der Waals surface area contributed by atoms with Crippen LogP contribution in [0.1, 0.15) is 31.7 Å². The minimum atomic E-state index is -1.58. The largest absolute Gasteiger partial charge is 0.475 e. The lowest BCUT2D eigenvalue weighted by atomic mass is 10.1. The van der Waals surface area contributed by atoms with Gasteiger partial charge in [-0.05, 0) is 24.6 Å². The van der Waals surface area contributed by atoms with Crippen molar-refractivity contribution in [3.63, 3.8) is 0 Å². The van der Waals surface area contributed by atoms with Gasteiger partial charge in [-0.1, -0.05) is 31.5 Å². The van der Waals surface area contributed by atoms with Gasteiger partial charge >= 0.3 is 5.97 Å². The second-order valence-corrected chi connectivity index (χ2v) is 5.35. The maximum absolute atomic E-state index is 11.7. The topological polar surface area (TPSA) is 76.4 Å². The molecule has 5 heteroatoms. The average molecular weight is 313 g/mol. The summed E-state index contributed by atoms with van der Waals surface area (Å²) in [6.07, 6.45) is 6.43. The number of hydrogen-bond donors (Lipinski definition) is 1. The molecule has 0 aliphatic carbocycles. The van der Waals surface area contributed by atoms with Crippen molar-refractivity contribution in [2.24, 2.45) is 0 Å². The number of rotatable bonds is 8. The van der Waals surface area contributed by atoms with Gasteiger partial charge in [-0.3, -0.25) is 9.59 Å². The number of Topliss-reactive ketones (excluding diaryl/α,β-unsaturated/α-hetero) is 1. The molecule has 1 aromatic heterocycles. The molecule has 5 nitrogen and oxygen atoms in total. The Bertz CT molecular complexity index is 770. The molecule has 2 aromatic rings. The molecule has 1 aromatic carbocycles. The van der Waals surface area contributed by atoms with E-state index in [1.807, 2.05) is 30.5 Å². The number of nitrogens with zero attached hydrogens (tertiary/aromatic N) is 1. The van der Waals surface area contributed by atoms with E-state index in [0.29, 0.717) is 0 Å². The van der Waals surface area contributed by atoms with Crippen LogP contribution in [0, 0.1) is 0 Å². The number of carbonyl (C=O) groups is 3. The van der Waals surface area contributed by atoms with Crippen molar-refractivity contribution in [1.82, 2.24) is 4.57 Å². The fraction of sp³-hybridized carbons (Fsp3) is 0.278. The fourth-order valence-corrected chi connectivity index (χ4v) is 2.40. The standard InChI is InChI=1S/C18H19NO4/c1-2-3-10-19-12-13(15-6-4-5-7-16(15)19)8-9-14(20)11-17(21)18(22)23/h4-9,12H,2-3,10-11H2,1H3,(H,22,23)/b9-8+. The first-order valence-corrected chi connectivity index (χ1v) is 7.57. The predicted molar refractivity (Wildman–Crippen MR) is 88.1 cm³/mol. The Hall–Kier alpha value is -2.69. The molecule has 0 radical (unpaired) electrons. The van der Waals surface area contributed by atoms with Crippen LogP contribution in [0.3, 0.4) is 0 Å². The molecule has 0 aliphatic heterocycles. The highest BCUT2D eigenvalue weighted by Crippen LogP contribution is 2.23. The summed E-state index contributed by atoms with van der Waals surface area (Å²) in [5.74, 6) is -3.18. The third kappa shape index (κ3) is 4.16. The van der Waals surface area contributed by atoms with E-state index >= 15 is 0 Å². The zero-order valence-corrected chi connectivity index (χ0v) is 13.0. The molecule has 0 spiro atoms. The second-order valence-electron chi connectivity index (χ2n) is 5.35. The summed E-state index contributed by atoms with van der Waals surface area (Å²) < 4.78 is 2.14. The number of allylic oxidation sites excluding steroid dienone is 1. The summed E-state index contributed by atoms with van der Waals surface area (Å²) in [6.45, 7) is 3.03. The zero-order chi connectivity index (χ0) is 16.8. The van der Waals surface area contributed by atoms with Crippen molar-refractivity contribution in [3.05, 3.63) is 42.1 Å². The number of unbranched alkanes of at least 4 members (excludes halogenated alkanes) is 1. The van der Waals surface area contributed by atoms with Crippen molar-refractivity contribution in [3.8, 4) is 0 Å². The Morgan fingerprint density at radius 1 is 1.22 bits per heavy atom. The van der Waals surface area contributed by atoms with Gasteiger partial charge < -0.3 is 9.67 Å². The number of aromatic nitrogens is 1. The number of carboxylic acid groups (broad SMARTS) is 1. The summed E-state index contributed by atoms with van der Waals surface area (Å²) >= 11 is 0. The molecular weight excluding hydrogens is 294 g/mol. The summed E-state index contributed by atoms with van der Waals surface area (Å²) in [5, 5.41) is 9.54. The first kappa shape index (κ1) is 16.7. The molecule has 1 heterocycles. The number of carbonyl (C=O) groups excluding carboxylic acids is 2. The van der Waals surface area contributed by atoms with Crippen molar-refractivity contribution in [1.29, 1.82) is 0 Å². The van der Waals surface area contributed by atoms with E-state index in [9.17, 15) is 14.4 Å². The van der Waals surface area contributed by atoms with E-state index in [1.54, 1.807) is 6.08 Å². The first-order chi connectivity index (χ1) is 11.0. The quantitative estimate of drug-likeness (QED) is 0.461. The van der Waals surface area contributed by atoms with Crippen molar-refractivity contribution < 1.29 is 19.5 Å². The highest BCUT2D eigenvalue weighted by molar-refractivity contribution is 6.37. The molecule has 0 saturated carbocycles. The lowest BCUT2D eigenvalue weighted by molar-refractivity contribution is -0.149. The first-order valence-electron chi connectivity index (χ1n) is 7.57. The van der Waals surface area contributed by atoms with Crippen LogP contribution in [0.2, 0.25) is 0 Å². The molecular formula is C18H19NO4. The van der Waals surface area contributed by atoms with E-state index < -0.39 is 24.0 Å². The maximum Gasteiger partial charge on any atom is 0.372 e. The lowest BCUT2D eigenvalue weighted by Crippen LogP contribution is -2.15. The van der Waals surface area contributed by atoms with Crippen LogP contribution in [0.4, 0.5) is 0 Å². The van der Waals surface area contributed by atoms with E-state index in [0.717, 1.165) is 35.9 Å². The van der Waals surface area contributed by atoms with E-state index in [1.165, 1.54) is 6.08 Å². The number of aliphatic carboxylic acids is 1. The average Bonchev–Trinajstić information content (AvgIpc) is 2.89. The minimum absolute atomic E-state index is 0.511. The fourth-order valence-electron chi connectivity index (χ4n) is 2.40. The van der Waals surface area contributed by atoms with Crippen LogP contribution in [-0.4, -0.2) is 27.2 Å². The number of carboxylic acids is 1. The smallest absolute Gasteiger partial charge is 0.372 e. The number of fused-ring (bicyclic) bond motifs is 1. The van der Waals surface area contributed by atoms with Crippen LogP contribution in [0.25, 0.3) is 17.0 Å². The highest BCUT2D eigenvalue weighted by Gasteiger charge is 2.14. The van der Waals surface area contributed by atoms with Gasteiger partial charge in [0.25, 0.3) is 0 Å². The molecule has 0 fully saturated rings. The van der Waals surface area contributed by atoms with Crippen molar-refractivity contribution in [2.45, 2.75) is 32.7 Å². The molecule has 2 rings (SSSR count). The van der Waals surface area contributed by atoms with Crippen LogP contribution in [0.5, 0.6) is 0 Å². The number of aryl methyl sites for hydroxylation is 1. The predicted octanol–water partition coefficient (Wildman–Crippen LogP) is 3.07. The molecule has 0 amide bonds. The Labute approximate surface area is 134 Å². The van der Waals surface area contributed by atoms with Crippen LogP contribution in [0.15, 0.2) is 36.5 Å². The molecule has 0 aliphatic rings. The van der Waals surface area contributed by atoms with Crippen molar-refractivity contribution in [2.75, 3.05) is 0 Å².